The third kappa shape index (κ3) is 8.98. The van der Waals surface area contributed by atoms with Crippen LogP contribution in [-0.4, -0.2) is 81.7 Å². The van der Waals surface area contributed by atoms with Gasteiger partial charge in [-0.25, -0.2) is 4.98 Å². The number of hydrogen-bond donors (Lipinski definition) is 8. The third-order valence-corrected chi connectivity index (χ3v) is 4.14. The largest absolute Gasteiger partial charge is 0.480 e. The van der Waals surface area contributed by atoms with Crippen molar-refractivity contribution < 1.29 is 29.4 Å². The number of aliphatic carboxylic acids is 1. The van der Waals surface area contributed by atoms with Crippen LogP contribution in [0.1, 0.15) is 25.0 Å². The van der Waals surface area contributed by atoms with E-state index in [4.69, 9.17) is 16.6 Å². The van der Waals surface area contributed by atoms with E-state index in [-0.39, 0.29) is 12.8 Å². The zero-order valence-corrected chi connectivity index (χ0v) is 16.5. The van der Waals surface area contributed by atoms with Gasteiger partial charge in [0.25, 0.3) is 0 Å². The second-order valence-electron chi connectivity index (χ2n) is 6.59. The van der Waals surface area contributed by atoms with Gasteiger partial charge >= 0.3 is 5.97 Å². The first-order valence-electron chi connectivity index (χ1n) is 9.42. The van der Waals surface area contributed by atoms with Gasteiger partial charge in [-0.3, -0.25) is 19.2 Å². The molecule has 0 saturated heterocycles. The Hall–Kier alpha value is -3.03. The molecule has 0 fully saturated rings. The fraction of sp³-hybridized carbons (Fsp3) is 0.588. The number of carboxylic acids is 1. The lowest BCUT2D eigenvalue weighted by molar-refractivity contribution is -0.139. The molecule has 0 aliphatic carbocycles. The number of imidazole rings is 1. The number of carbonyl (C=O) groups excluding carboxylic acids is 3. The van der Waals surface area contributed by atoms with E-state index in [0.29, 0.717) is 25.1 Å². The fourth-order valence-electron chi connectivity index (χ4n) is 2.52. The minimum atomic E-state index is -1.37. The zero-order valence-electron chi connectivity index (χ0n) is 16.5. The Labute approximate surface area is 173 Å². The van der Waals surface area contributed by atoms with Crippen LogP contribution in [0.5, 0.6) is 0 Å². The summed E-state index contributed by atoms with van der Waals surface area (Å²) >= 11 is 0. The molecule has 3 amide bonds. The predicted octanol–water partition coefficient (Wildman–Crippen LogP) is -3.43. The molecule has 13 heteroatoms. The molecule has 1 aromatic heterocycles. The standard InChI is InChI=1S/C17H29N7O6/c18-4-2-1-3-12(23-15(28)11(19)5-10-6-20-9-22-10)17(30)24-13(8-25)16(29)21-7-14(26)27/h6,9,11-13,25H,1-5,7-8,18-19H2,(H,20,22)(H,21,29)(H,23,28)(H,24,30)(H,26,27). The Morgan fingerprint density at radius 3 is 2.37 bits per heavy atom. The molecular formula is C17H29N7O6. The van der Waals surface area contributed by atoms with Crippen LogP contribution >= 0.6 is 0 Å². The van der Waals surface area contributed by atoms with Gasteiger partial charge in [-0.2, -0.15) is 0 Å². The molecule has 0 aliphatic rings. The Bertz CT molecular complexity index is 697. The Morgan fingerprint density at radius 1 is 1.10 bits per heavy atom. The number of nitrogens with zero attached hydrogens (tertiary/aromatic N) is 1. The van der Waals surface area contributed by atoms with Crippen molar-refractivity contribution in [3.63, 3.8) is 0 Å². The molecular weight excluding hydrogens is 398 g/mol. The number of nitrogens with two attached hydrogens (primary N) is 2. The van der Waals surface area contributed by atoms with Gasteiger partial charge in [0, 0.05) is 18.3 Å². The molecule has 10 N–H and O–H groups in total. The summed E-state index contributed by atoms with van der Waals surface area (Å²) in [6.07, 6.45) is 4.54. The number of amides is 3. The Kier molecular flexibility index (Phi) is 11.0. The number of H-pyrrole nitrogens is 1. The summed E-state index contributed by atoms with van der Waals surface area (Å²) in [6, 6.07) is -3.33. The van der Waals surface area contributed by atoms with Crippen molar-refractivity contribution in [3.8, 4) is 0 Å². The molecule has 30 heavy (non-hydrogen) atoms. The number of nitrogens with one attached hydrogen (secondary N) is 4. The van der Waals surface area contributed by atoms with Gasteiger partial charge < -0.3 is 42.6 Å². The number of carbonyl (C=O) groups is 4. The van der Waals surface area contributed by atoms with Gasteiger partial charge in [-0.05, 0) is 25.8 Å². The molecule has 1 heterocycles. The average molecular weight is 427 g/mol. The fourth-order valence-corrected chi connectivity index (χ4v) is 2.52. The molecule has 1 aromatic rings. The number of carboxylic acid groups (broad SMARTS) is 1. The lowest BCUT2D eigenvalue weighted by Crippen LogP contribution is -2.57. The van der Waals surface area contributed by atoms with Gasteiger partial charge in [0.15, 0.2) is 0 Å². The number of rotatable bonds is 14. The van der Waals surface area contributed by atoms with E-state index in [1.54, 1.807) is 0 Å². The maximum Gasteiger partial charge on any atom is 0.322 e. The summed E-state index contributed by atoms with van der Waals surface area (Å²) in [5.41, 5.74) is 12.0. The Morgan fingerprint density at radius 2 is 1.80 bits per heavy atom. The van der Waals surface area contributed by atoms with Gasteiger partial charge in [-0.1, -0.05) is 0 Å². The predicted molar refractivity (Wildman–Crippen MR) is 105 cm³/mol. The Balaban J connectivity index is 2.73. The molecule has 3 unspecified atom stereocenters. The highest BCUT2D eigenvalue weighted by molar-refractivity contribution is 5.93. The quantitative estimate of drug-likeness (QED) is 0.138. The number of unbranched alkanes of at least 4 members (excludes halogenated alkanes) is 1. The molecule has 0 saturated carbocycles. The van der Waals surface area contributed by atoms with E-state index in [2.05, 4.69) is 25.9 Å². The summed E-state index contributed by atoms with van der Waals surface area (Å²) < 4.78 is 0. The highest BCUT2D eigenvalue weighted by Gasteiger charge is 2.28. The molecule has 168 valence electrons. The average Bonchev–Trinajstić information content (AvgIpc) is 3.22. The summed E-state index contributed by atoms with van der Waals surface area (Å²) in [6.45, 7) is -1.01. The normalized spacial score (nSPS) is 13.7. The molecule has 0 aliphatic heterocycles. The van der Waals surface area contributed by atoms with Crippen LogP contribution in [0, 0.1) is 0 Å². The lowest BCUT2D eigenvalue weighted by Gasteiger charge is -2.23. The van der Waals surface area contributed by atoms with E-state index in [1.807, 2.05) is 0 Å². The summed E-state index contributed by atoms with van der Waals surface area (Å²) in [7, 11) is 0. The van der Waals surface area contributed by atoms with E-state index in [1.165, 1.54) is 12.5 Å². The molecule has 0 radical (unpaired) electrons. The van der Waals surface area contributed by atoms with Crippen molar-refractivity contribution in [3.05, 3.63) is 18.2 Å². The molecule has 0 bridgehead atoms. The summed E-state index contributed by atoms with van der Waals surface area (Å²) in [5.74, 6) is -3.42. The first-order chi connectivity index (χ1) is 14.3. The van der Waals surface area contributed by atoms with Crippen molar-refractivity contribution in [1.29, 1.82) is 0 Å². The lowest BCUT2D eigenvalue weighted by atomic mass is 10.1. The monoisotopic (exact) mass is 427 g/mol. The van der Waals surface area contributed by atoms with Crippen molar-refractivity contribution in [2.75, 3.05) is 19.7 Å². The highest BCUT2D eigenvalue weighted by atomic mass is 16.4. The molecule has 1 rings (SSSR count). The van der Waals surface area contributed by atoms with E-state index in [0.717, 1.165) is 0 Å². The second-order valence-corrected chi connectivity index (χ2v) is 6.59. The topological polar surface area (TPSA) is 226 Å². The number of aliphatic hydroxyl groups excluding tert-OH is 1. The van der Waals surface area contributed by atoms with Gasteiger partial charge in [0.05, 0.1) is 19.0 Å². The highest BCUT2D eigenvalue weighted by Crippen LogP contribution is 2.04. The molecule has 0 aromatic carbocycles. The van der Waals surface area contributed by atoms with E-state index in [9.17, 15) is 24.3 Å². The second kappa shape index (κ2) is 13.2. The maximum atomic E-state index is 12.6. The molecule has 3 atom stereocenters. The number of aromatic amines is 1. The van der Waals surface area contributed by atoms with Crippen LogP contribution in [0.25, 0.3) is 0 Å². The van der Waals surface area contributed by atoms with Gasteiger partial charge in [-0.15, -0.1) is 0 Å². The zero-order chi connectivity index (χ0) is 22.5. The van der Waals surface area contributed by atoms with Crippen LogP contribution < -0.4 is 27.4 Å². The minimum Gasteiger partial charge on any atom is -0.480 e. The van der Waals surface area contributed by atoms with Crippen molar-refractivity contribution in [2.24, 2.45) is 11.5 Å². The van der Waals surface area contributed by atoms with Crippen LogP contribution in [0.3, 0.4) is 0 Å². The van der Waals surface area contributed by atoms with E-state index >= 15 is 0 Å². The first kappa shape index (κ1) is 25.0. The SMILES string of the molecule is NCCCCC(NC(=O)C(N)Cc1cnc[nH]1)C(=O)NC(CO)C(=O)NCC(=O)O. The van der Waals surface area contributed by atoms with Crippen molar-refractivity contribution >= 4 is 23.7 Å². The van der Waals surface area contributed by atoms with Gasteiger partial charge in [0.1, 0.15) is 18.6 Å². The summed E-state index contributed by atoms with van der Waals surface area (Å²) in [5, 5.41) is 24.9. The maximum absolute atomic E-state index is 12.6. The van der Waals surface area contributed by atoms with Crippen molar-refractivity contribution in [2.45, 2.75) is 43.8 Å². The molecule has 0 spiro atoms. The van der Waals surface area contributed by atoms with Gasteiger partial charge in [0.2, 0.25) is 17.7 Å². The number of hydrogen-bond acceptors (Lipinski definition) is 8. The summed E-state index contributed by atoms with van der Waals surface area (Å²) in [4.78, 5) is 54.2. The number of aromatic nitrogens is 2. The van der Waals surface area contributed by atoms with Crippen LogP contribution in [0.15, 0.2) is 12.5 Å². The van der Waals surface area contributed by atoms with E-state index < -0.39 is 55.0 Å². The van der Waals surface area contributed by atoms with Crippen LogP contribution in [-0.2, 0) is 25.6 Å². The van der Waals surface area contributed by atoms with Crippen LogP contribution in [0.4, 0.5) is 0 Å². The van der Waals surface area contributed by atoms with Crippen LogP contribution in [0.2, 0.25) is 0 Å². The van der Waals surface area contributed by atoms with Crippen molar-refractivity contribution in [1.82, 2.24) is 25.9 Å². The molecule has 13 nitrogen and oxygen atoms in total. The minimum absolute atomic E-state index is 0.180. The smallest absolute Gasteiger partial charge is 0.322 e. The first-order valence-corrected chi connectivity index (χ1v) is 9.42. The third-order valence-electron chi connectivity index (χ3n) is 4.14. The number of aliphatic hydroxyl groups is 1.